The zero-order valence-corrected chi connectivity index (χ0v) is 14.5. The number of primary amides is 1. The van der Waals surface area contributed by atoms with Gasteiger partial charge in [-0.3, -0.25) is 9.48 Å². The van der Waals surface area contributed by atoms with E-state index in [1.54, 1.807) is 24.1 Å². The van der Waals surface area contributed by atoms with Crippen molar-refractivity contribution in [2.45, 2.75) is 29.2 Å². The highest BCUT2D eigenvalue weighted by Gasteiger charge is 2.38. The predicted octanol–water partition coefficient (Wildman–Crippen LogP) is 0.371. The Hall–Kier alpha value is -1.75. The summed E-state index contributed by atoms with van der Waals surface area (Å²) in [5, 5.41) is 15.1. The Bertz CT molecular complexity index is 852. The molecular formula is C14H18N4O4S2. The number of aliphatic hydroxyl groups excluding tert-OH is 1. The van der Waals surface area contributed by atoms with Gasteiger partial charge in [0.05, 0.1) is 23.9 Å². The third-order valence-electron chi connectivity index (χ3n) is 4.11. The largest absolute Gasteiger partial charge is 0.393 e. The van der Waals surface area contributed by atoms with E-state index in [1.165, 1.54) is 11.4 Å². The van der Waals surface area contributed by atoms with Gasteiger partial charge >= 0.3 is 0 Å². The lowest BCUT2D eigenvalue weighted by Gasteiger charge is -2.37. The molecule has 3 rings (SSSR count). The maximum atomic E-state index is 12.6. The van der Waals surface area contributed by atoms with Gasteiger partial charge in [0, 0.05) is 24.2 Å². The van der Waals surface area contributed by atoms with E-state index in [2.05, 4.69) is 9.82 Å². The average Bonchev–Trinajstić information content (AvgIpc) is 3.11. The molecule has 0 radical (unpaired) electrons. The number of hydrogen-bond acceptors (Lipinski definition) is 6. The monoisotopic (exact) mass is 370 g/mol. The Morgan fingerprint density at radius 2 is 2.25 bits per heavy atom. The highest BCUT2D eigenvalue weighted by Crippen LogP contribution is 2.39. The van der Waals surface area contributed by atoms with Crippen LogP contribution in [0.4, 0.5) is 0 Å². The summed E-state index contributed by atoms with van der Waals surface area (Å²) in [4.78, 5) is 11.2. The Kier molecular flexibility index (Phi) is 4.47. The molecule has 2 aromatic rings. The van der Waals surface area contributed by atoms with E-state index in [0.717, 1.165) is 16.9 Å². The van der Waals surface area contributed by atoms with Crippen LogP contribution in [0.25, 0.3) is 0 Å². The minimum absolute atomic E-state index is 0.00505. The number of rotatable bonds is 6. The van der Waals surface area contributed by atoms with Crippen molar-refractivity contribution in [1.82, 2.24) is 14.5 Å². The zero-order chi connectivity index (χ0) is 17.5. The second kappa shape index (κ2) is 6.28. The highest BCUT2D eigenvalue weighted by atomic mass is 32.2. The molecule has 0 aliphatic heterocycles. The molecule has 10 heteroatoms. The van der Waals surface area contributed by atoms with Crippen molar-refractivity contribution in [2.24, 2.45) is 18.7 Å². The van der Waals surface area contributed by atoms with Crippen LogP contribution >= 0.6 is 11.3 Å². The maximum absolute atomic E-state index is 12.6. The molecule has 1 aliphatic carbocycles. The first-order valence-corrected chi connectivity index (χ1v) is 9.70. The van der Waals surface area contributed by atoms with Crippen LogP contribution in [0.5, 0.6) is 0 Å². The molecule has 1 saturated carbocycles. The van der Waals surface area contributed by atoms with Gasteiger partial charge in [-0.1, -0.05) is 0 Å². The minimum Gasteiger partial charge on any atom is -0.393 e. The molecule has 2 heterocycles. The summed E-state index contributed by atoms with van der Waals surface area (Å²) >= 11 is 0.944. The van der Waals surface area contributed by atoms with Gasteiger partial charge in [0.25, 0.3) is 10.0 Å². The first-order chi connectivity index (χ1) is 11.3. The van der Waals surface area contributed by atoms with Crippen LogP contribution in [0.2, 0.25) is 0 Å². The van der Waals surface area contributed by atoms with Gasteiger partial charge in [-0.2, -0.15) is 5.10 Å². The number of thiophene rings is 1. The molecule has 1 atom stereocenters. The molecule has 0 bridgehead atoms. The van der Waals surface area contributed by atoms with E-state index < -0.39 is 28.1 Å². The molecule has 0 saturated heterocycles. The number of aromatic nitrogens is 2. The highest BCUT2D eigenvalue weighted by molar-refractivity contribution is 7.91. The standard InChI is InChI=1S/C14H18N4O4S2/c1-18-6-10(5-16-18)13(8-2-11(19)3-8)17-24(21,22)12-4-9(7-23-12)14(15)20/h4-8,11,13,17,19H,2-3H2,1H3,(H2,15,20). The SMILES string of the molecule is Cn1cc(C(NS(=O)(=O)c2cc(C(N)=O)cs2)C2CC(O)C2)cn1. The summed E-state index contributed by atoms with van der Waals surface area (Å²) in [6.45, 7) is 0. The third kappa shape index (κ3) is 3.36. The molecule has 24 heavy (non-hydrogen) atoms. The molecule has 4 N–H and O–H groups in total. The molecule has 0 aromatic carbocycles. The lowest BCUT2D eigenvalue weighted by atomic mass is 9.76. The van der Waals surface area contributed by atoms with Crippen molar-refractivity contribution >= 4 is 27.3 Å². The number of hydrogen-bond donors (Lipinski definition) is 3. The fraction of sp³-hybridized carbons (Fsp3) is 0.429. The molecular weight excluding hydrogens is 352 g/mol. The van der Waals surface area contributed by atoms with Crippen LogP contribution < -0.4 is 10.5 Å². The van der Waals surface area contributed by atoms with E-state index in [0.29, 0.717) is 12.8 Å². The summed E-state index contributed by atoms with van der Waals surface area (Å²) in [5.41, 5.74) is 6.08. The van der Waals surface area contributed by atoms with Crippen molar-refractivity contribution in [3.8, 4) is 0 Å². The minimum atomic E-state index is -3.81. The molecule has 2 aromatic heterocycles. The summed E-state index contributed by atoms with van der Waals surface area (Å²) in [6, 6.07) is 0.789. The average molecular weight is 370 g/mol. The van der Waals surface area contributed by atoms with Gasteiger partial charge in [0.2, 0.25) is 5.91 Å². The third-order valence-corrected chi connectivity index (χ3v) is 6.99. The first kappa shape index (κ1) is 17.1. The van der Waals surface area contributed by atoms with E-state index in [-0.39, 0.29) is 15.7 Å². The first-order valence-electron chi connectivity index (χ1n) is 7.33. The number of nitrogens with one attached hydrogen (secondary N) is 1. The number of sulfonamides is 1. The molecule has 0 spiro atoms. The number of carbonyl (C=O) groups excluding carboxylic acids is 1. The van der Waals surface area contributed by atoms with Gasteiger partial charge in [-0.05, 0) is 24.8 Å². The van der Waals surface area contributed by atoms with Crippen LogP contribution in [0.15, 0.2) is 28.0 Å². The second-order valence-corrected chi connectivity index (χ2v) is 8.80. The smallest absolute Gasteiger partial charge is 0.250 e. The van der Waals surface area contributed by atoms with Crippen LogP contribution in [-0.2, 0) is 17.1 Å². The lowest BCUT2D eigenvalue weighted by molar-refractivity contribution is 0.0280. The molecule has 1 unspecified atom stereocenters. The molecule has 1 fully saturated rings. The Labute approximate surface area is 143 Å². The fourth-order valence-corrected chi connectivity index (χ4v) is 5.23. The summed E-state index contributed by atoms with van der Waals surface area (Å²) in [5.74, 6) is -0.673. The summed E-state index contributed by atoms with van der Waals surface area (Å²) < 4.78 is 29.6. The van der Waals surface area contributed by atoms with Gasteiger partial charge in [0.1, 0.15) is 4.21 Å². The van der Waals surface area contributed by atoms with Crippen LogP contribution in [0.3, 0.4) is 0 Å². The normalized spacial score (nSPS) is 22.1. The van der Waals surface area contributed by atoms with Crippen molar-refractivity contribution in [1.29, 1.82) is 0 Å². The molecule has 130 valence electrons. The number of nitrogens with zero attached hydrogens (tertiary/aromatic N) is 2. The van der Waals surface area contributed by atoms with Gasteiger partial charge in [-0.25, -0.2) is 13.1 Å². The number of nitrogens with two attached hydrogens (primary N) is 1. The summed E-state index contributed by atoms with van der Waals surface area (Å²) in [7, 11) is -2.05. The number of aliphatic hydroxyl groups is 1. The quantitative estimate of drug-likeness (QED) is 0.677. The Balaban J connectivity index is 1.86. The van der Waals surface area contributed by atoms with Gasteiger partial charge in [-0.15, -0.1) is 11.3 Å². The van der Waals surface area contributed by atoms with E-state index in [1.807, 2.05) is 0 Å². The zero-order valence-electron chi connectivity index (χ0n) is 12.9. The second-order valence-electron chi connectivity index (χ2n) is 5.95. The van der Waals surface area contributed by atoms with Crippen molar-refractivity contribution in [3.05, 3.63) is 35.0 Å². The van der Waals surface area contributed by atoms with Gasteiger partial charge < -0.3 is 10.8 Å². The molecule has 1 aliphatic rings. The predicted molar refractivity (Wildman–Crippen MR) is 87.8 cm³/mol. The van der Waals surface area contributed by atoms with Crippen LogP contribution in [-0.4, -0.2) is 35.3 Å². The number of aryl methyl sites for hydroxylation is 1. The molecule has 8 nitrogen and oxygen atoms in total. The van der Waals surface area contributed by atoms with E-state index in [4.69, 9.17) is 5.73 Å². The van der Waals surface area contributed by atoms with E-state index in [9.17, 15) is 18.3 Å². The molecule has 1 amide bonds. The van der Waals surface area contributed by atoms with Crippen LogP contribution in [0, 0.1) is 5.92 Å². The van der Waals surface area contributed by atoms with Crippen molar-refractivity contribution in [2.75, 3.05) is 0 Å². The van der Waals surface area contributed by atoms with Gasteiger partial charge in [0.15, 0.2) is 0 Å². The number of carbonyl (C=O) groups is 1. The lowest BCUT2D eigenvalue weighted by Crippen LogP contribution is -2.41. The fourth-order valence-electron chi connectivity index (χ4n) is 2.75. The van der Waals surface area contributed by atoms with Crippen molar-refractivity contribution in [3.63, 3.8) is 0 Å². The Morgan fingerprint density at radius 3 is 2.75 bits per heavy atom. The topological polar surface area (TPSA) is 127 Å². The summed E-state index contributed by atoms with van der Waals surface area (Å²) in [6.07, 6.45) is 4.02. The Morgan fingerprint density at radius 1 is 1.54 bits per heavy atom. The van der Waals surface area contributed by atoms with Crippen molar-refractivity contribution < 1.29 is 18.3 Å². The van der Waals surface area contributed by atoms with Crippen LogP contribution in [0.1, 0.15) is 34.8 Å². The van der Waals surface area contributed by atoms with E-state index >= 15 is 0 Å². The maximum Gasteiger partial charge on any atom is 0.250 e. The number of amides is 1.